The summed E-state index contributed by atoms with van der Waals surface area (Å²) in [5.41, 5.74) is 0.793. The Kier molecular flexibility index (Phi) is 5.11. The summed E-state index contributed by atoms with van der Waals surface area (Å²) in [6.45, 7) is 0.458. The van der Waals surface area contributed by atoms with E-state index < -0.39 is 0 Å². The first kappa shape index (κ1) is 14.5. The van der Waals surface area contributed by atoms with E-state index in [4.69, 9.17) is 0 Å². The average Bonchev–Trinajstić information content (AvgIpc) is 2.84. The molecule has 1 aromatic heterocycles. The molecule has 0 aliphatic carbocycles. The molecule has 2 rings (SSSR count). The molecular formula is C13H15BrN4O2. The van der Waals surface area contributed by atoms with Gasteiger partial charge in [-0.2, -0.15) is 5.10 Å². The topological polar surface area (TPSA) is 90.6 Å². The Bertz CT molecular complexity index is 618. The van der Waals surface area contributed by atoms with Gasteiger partial charge in [0.05, 0.1) is 0 Å². The molecule has 2 aromatic rings. The zero-order chi connectivity index (χ0) is 14.4. The van der Waals surface area contributed by atoms with Crippen molar-refractivity contribution in [3.8, 4) is 0 Å². The minimum atomic E-state index is -0.332. The Balaban J connectivity index is 1.67. The standard InChI is InChI=1S/C13H15BrN4O2/c14-10-4-1-9(2-5-10)3-6-12(19)15-8-7-11-16-13(20)18-17-11/h1-2,4-5H,3,6-8H2,(H,15,19)(H2,16,17,18,20). The average molecular weight is 339 g/mol. The molecular weight excluding hydrogens is 324 g/mol. The molecule has 0 bridgehead atoms. The molecule has 106 valence electrons. The fraction of sp³-hybridized carbons (Fsp3) is 0.308. The normalized spacial score (nSPS) is 10.4. The largest absolute Gasteiger partial charge is 0.356 e. The predicted octanol–water partition coefficient (Wildman–Crippen LogP) is 1.15. The zero-order valence-corrected chi connectivity index (χ0v) is 12.4. The van der Waals surface area contributed by atoms with E-state index in [9.17, 15) is 9.59 Å². The van der Waals surface area contributed by atoms with Gasteiger partial charge in [-0.05, 0) is 24.1 Å². The molecule has 0 atom stereocenters. The lowest BCUT2D eigenvalue weighted by atomic mass is 10.1. The molecule has 1 amide bonds. The van der Waals surface area contributed by atoms with Crippen LogP contribution in [-0.2, 0) is 17.6 Å². The number of benzene rings is 1. The van der Waals surface area contributed by atoms with Crippen LogP contribution in [0, 0.1) is 0 Å². The Morgan fingerprint density at radius 3 is 2.65 bits per heavy atom. The van der Waals surface area contributed by atoms with Crippen molar-refractivity contribution in [1.29, 1.82) is 0 Å². The van der Waals surface area contributed by atoms with Crippen LogP contribution in [0.5, 0.6) is 0 Å². The zero-order valence-electron chi connectivity index (χ0n) is 10.8. The SMILES string of the molecule is O=C(CCc1ccc(Br)cc1)NCCc1n[nH]c(=O)[nH]1. The summed E-state index contributed by atoms with van der Waals surface area (Å²) < 4.78 is 1.03. The molecule has 0 fully saturated rings. The molecule has 1 heterocycles. The van der Waals surface area contributed by atoms with Crippen LogP contribution in [0.3, 0.4) is 0 Å². The van der Waals surface area contributed by atoms with Gasteiger partial charge >= 0.3 is 5.69 Å². The van der Waals surface area contributed by atoms with Crippen LogP contribution in [-0.4, -0.2) is 27.6 Å². The predicted molar refractivity (Wildman–Crippen MR) is 78.4 cm³/mol. The fourth-order valence-corrected chi connectivity index (χ4v) is 2.01. The Morgan fingerprint density at radius 1 is 1.25 bits per heavy atom. The van der Waals surface area contributed by atoms with Gasteiger partial charge in [0.2, 0.25) is 5.91 Å². The number of halogens is 1. The number of rotatable bonds is 6. The van der Waals surface area contributed by atoms with Crippen LogP contribution in [0.25, 0.3) is 0 Å². The number of aromatic nitrogens is 3. The Morgan fingerprint density at radius 2 is 2.00 bits per heavy atom. The summed E-state index contributed by atoms with van der Waals surface area (Å²) in [4.78, 5) is 25.0. The number of hydrogen-bond donors (Lipinski definition) is 3. The van der Waals surface area contributed by atoms with Gasteiger partial charge in [0.25, 0.3) is 0 Å². The van der Waals surface area contributed by atoms with E-state index in [0.29, 0.717) is 31.6 Å². The number of aromatic amines is 2. The summed E-state index contributed by atoms with van der Waals surface area (Å²) in [7, 11) is 0. The van der Waals surface area contributed by atoms with Crippen LogP contribution in [0.2, 0.25) is 0 Å². The van der Waals surface area contributed by atoms with Crippen molar-refractivity contribution < 1.29 is 4.79 Å². The van der Waals surface area contributed by atoms with Crippen molar-refractivity contribution in [2.24, 2.45) is 0 Å². The second-order valence-electron chi connectivity index (χ2n) is 4.35. The Labute approximate surface area is 124 Å². The van der Waals surface area contributed by atoms with Crippen molar-refractivity contribution in [1.82, 2.24) is 20.5 Å². The highest BCUT2D eigenvalue weighted by atomic mass is 79.9. The lowest BCUT2D eigenvalue weighted by Crippen LogP contribution is -2.26. The molecule has 0 saturated heterocycles. The third-order valence-electron chi connectivity index (χ3n) is 2.79. The highest BCUT2D eigenvalue weighted by molar-refractivity contribution is 9.10. The lowest BCUT2D eigenvalue weighted by molar-refractivity contribution is -0.121. The molecule has 0 aliphatic rings. The van der Waals surface area contributed by atoms with E-state index in [1.165, 1.54) is 0 Å². The molecule has 0 radical (unpaired) electrons. The molecule has 6 nitrogen and oxygen atoms in total. The quantitative estimate of drug-likeness (QED) is 0.737. The van der Waals surface area contributed by atoms with Gasteiger partial charge in [-0.3, -0.25) is 9.78 Å². The van der Waals surface area contributed by atoms with Crippen LogP contribution >= 0.6 is 15.9 Å². The number of nitrogens with zero attached hydrogens (tertiary/aromatic N) is 1. The van der Waals surface area contributed by atoms with Crippen LogP contribution in [0.1, 0.15) is 17.8 Å². The summed E-state index contributed by atoms with van der Waals surface area (Å²) in [6, 6.07) is 7.90. The van der Waals surface area contributed by atoms with Crippen LogP contribution < -0.4 is 11.0 Å². The number of nitrogens with one attached hydrogen (secondary N) is 3. The summed E-state index contributed by atoms with van der Waals surface area (Å²) in [5.74, 6) is 0.536. The third kappa shape index (κ3) is 4.65. The summed E-state index contributed by atoms with van der Waals surface area (Å²) in [5, 5.41) is 8.84. The van der Waals surface area contributed by atoms with Crippen molar-refractivity contribution >= 4 is 21.8 Å². The maximum absolute atomic E-state index is 11.7. The first-order chi connectivity index (χ1) is 9.63. The first-order valence-corrected chi connectivity index (χ1v) is 7.07. The van der Waals surface area contributed by atoms with E-state index in [-0.39, 0.29) is 11.6 Å². The van der Waals surface area contributed by atoms with Crippen LogP contribution in [0.4, 0.5) is 0 Å². The number of aryl methyl sites for hydroxylation is 1. The van der Waals surface area contributed by atoms with Gasteiger partial charge in [0.1, 0.15) is 5.82 Å². The van der Waals surface area contributed by atoms with Gasteiger partial charge < -0.3 is 5.32 Å². The van der Waals surface area contributed by atoms with Gasteiger partial charge in [0, 0.05) is 23.9 Å². The molecule has 7 heteroatoms. The van der Waals surface area contributed by atoms with E-state index in [1.807, 2.05) is 24.3 Å². The maximum atomic E-state index is 11.7. The maximum Gasteiger partial charge on any atom is 0.340 e. The number of hydrogen-bond acceptors (Lipinski definition) is 3. The van der Waals surface area contributed by atoms with Gasteiger partial charge in [-0.25, -0.2) is 9.89 Å². The van der Waals surface area contributed by atoms with E-state index in [1.54, 1.807) is 0 Å². The molecule has 20 heavy (non-hydrogen) atoms. The van der Waals surface area contributed by atoms with Crippen molar-refractivity contribution in [2.75, 3.05) is 6.54 Å². The van der Waals surface area contributed by atoms with Crippen molar-refractivity contribution in [2.45, 2.75) is 19.3 Å². The minimum Gasteiger partial charge on any atom is -0.356 e. The monoisotopic (exact) mass is 338 g/mol. The highest BCUT2D eigenvalue weighted by Gasteiger charge is 2.03. The van der Waals surface area contributed by atoms with E-state index >= 15 is 0 Å². The third-order valence-corrected chi connectivity index (χ3v) is 3.32. The smallest absolute Gasteiger partial charge is 0.340 e. The molecule has 1 aromatic carbocycles. The number of H-pyrrole nitrogens is 2. The number of amides is 1. The molecule has 0 spiro atoms. The van der Waals surface area contributed by atoms with Gasteiger partial charge in [-0.15, -0.1) is 0 Å². The number of carbonyl (C=O) groups is 1. The minimum absolute atomic E-state index is 0.00852. The second-order valence-corrected chi connectivity index (χ2v) is 5.27. The molecule has 0 unspecified atom stereocenters. The van der Waals surface area contributed by atoms with Crippen molar-refractivity contribution in [3.63, 3.8) is 0 Å². The first-order valence-electron chi connectivity index (χ1n) is 6.28. The van der Waals surface area contributed by atoms with E-state index in [0.717, 1.165) is 10.0 Å². The molecule has 0 aliphatic heterocycles. The second kappa shape index (κ2) is 7.04. The Hall–Kier alpha value is -1.89. The number of carbonyl (C=O) groups excluding carboxylic acids is 1. The summed E-state index contributed by atoms with van der Waals surface area (Å²) in [6.07, 6.45) is 1.65. The fourth-order valence-electron chi connectivity index (χ4n) is 1.74. The van der Waals surface area contributed by atoms with Crippen molar-refractivity contribution in [3.05, 3.63) is 50.6 Å². The molecule has 0 saturated carbocycles. The lowest BCUT2D eigenvalue weighted by Gasteiger charge is -2.04. The molecule has 3 N–H and O–H groups in total. The van der Waals surface area contributed by atoms with Crippen LogP contribution in [0.15, 0.2) is 33.5 Å². The van der Waals surface area contributed by atoms with E-state index in [2.05, 4.69) is 36.4 Å². The highest BCUT2D eigenvalue weighted by Crippen LogP contribution is 2.11. The van der Waals surface area contributed by atoms with Gasteiger partial charge in [0.15, 0.2) is 0 Å². The van der Waals surface area contributed by atoms with Gasteiger partial charge in [-0.1, -0.05) is 28.1 Å². The summed E-state index contributed by atoms with van der Waals surface area (Å²) >= 11 is 3.37.